The summed E-state index contributed by atoms with van der Waals surface area (Å²) in [6, 6.07) is 7.18. The zero-order valence-corrected chi connectivity index (χ0v) is 11.4. The molecule has 1 fully saturated rings. The molecule has 1 aromatic carbocycles. The number of carboxylic acids is 1. The summed E-state index contributed by atoms with van der Waals surface area (Å²) in [6.07, 6.45) is 8.17. The highest BCUT2D eigenvalue weighted by molar-refractivity contribution is 5.87. The minimum Gasteiger partial charge on any atom is -0.478 e. The predicted molar refractivity (Wildman–Crippen MR) is 76.3 cm³/mol. The lowest BCUT2D eigenvalue weighted by molar-refractivity contribution is 0.0696. The smallest absolute Gasteiger partial charge is 0.335 e. The SMILES string of the molecule is O=C(O)c1cccc(CNCC2CCCCCC2)c1. The number of rotatable bonds is 5. The summed E-state index contributed by atoms with van der Waals surface area (Å²) in [7, 11) is 0. The third kappa shape index (κ3) is 4.67. The summed E-state index contributed by atoms with van der Waals surface area (Å²) in [5.74, 6) is -0.0595. The summed E-state index contributed by atoms with van der Waals surface area (Å²) in [5.41, 5.74) is 1.42. The summed E-state index contributed by atoms with van der Waals surface area (Å²) in [6.45, 7) is 1.81. The molecule has 0 bridgehead atoms. The van der Waals surface area contributed by atoms with Crippen LogP contribution in [0.15, 0.2) is 24.3 Å². The van der Waals surface area contributed by atoms with Crippen molar-refractivity contribution in [3.8, 4) is 0 Å². The number of benzene rings is 1. The molecule has 2 N–H and O–H groups in total. The first-order valence-corrected chi connectivity index (χ1v) is 7.28. The van der Waals surface area contributed by atoms with Crippen molar-refractivity contribution in [2.45, 2.75) is 45.1 Å². The van der Waals surface area contributed by atoms with E-state index in [2.05, 4.69) is 5.32 Å². The van der Waals surface area contributed by atoms with E-state index in [1.165, 1.54) is 38.5 Å². The Labute approximate surface area is 115 Å². The van der Waals surface area contributed by atoms with Crippen LogP contribution in [0.25, 0.3) is 0 Å². The zero-order valence-electron chi connectivity index (χ0n) is 11.4. The second-order valence-electron chi connectivity index (χ2n) is 5.49. The van der Waals surface area contributed by atoms with Crippen LogP contribution in [-0.2, 0) is 6.54 Å². The van der Waals surface area contributed by atoms with Gasteiger partial charge in [0, 0.05) is 6.54 Å². The van der Waals surface area contributed by atoms with Gasteiger partial charge in [0.15, 0.2) is 0 Å². The quantitative estimate of drug-likeness (QED) is 0.798. The maximum Gasteiger partial charge on any atom is 0.335 e. The van der Waals surface area contributed by atoms with E-state index in [4.69, 9.17) is 5.11 Å². The molecule has 2 rings (SSSR count). The molecule has 0 saturated heterocycles. The summed E-state index contributed by atoms with van der Waals surface area (Å²) >= 11 is 0. The van der Waals surface area contributed by atoms with Gasteiger partial charge in [-0.2, -0.15) is 0 Å². The van der Waals surface area contributed by atoms with Crippen LogP contribution in [0.2, 0.25) is 0 Å². The lowest BCUT2D eigenvalue weighted by atomic mass is 10.0. The number of carbonyl (C=O) groups is 1. The number of aromatic carboxylic acids is 1. The van der Waals surface area contributed by atoms with Crippen molar-refractivity contribution in [2.75, 3.05) is 6.54 Å². The van der Waals surface area contributed by atoms with Crippen molar-refractivity contribution < 1.29 is 9.90 Å². The molecule has 0 radical (unpaired) electrons. The molecule has 0 unspecified atom stereocenters. The van der Waals surface area contributed by atoms with Crippen molar-refractivity contribution in [1.82, 2.24) is 5.32 Å². The highest BCUT2D eigenvalue weighted by Gasteiger charge is 2.11. The van der Waals surface area contributed by atoms with Crippen molar-refractivity contribution in [1.29, 1.82) is 0 Å². The average Bonchev–Trinajstić information content (AvgIpc) is 2.68. The van der Waals surface area contributed by atoms with Gasteiger partial charge in [0.05, 0.1) is 5.56 Å². The van der Waals surface area contributed by atoms with E-state index < -0.39 is 5.97 Å². The first-order valence-electron chi connectivity index (χ1n) is 7.28. The molecule has 1 saturated carbocycles. The molecule has 1 aromatic rings. The van der Waals surface area contributed by atoms with E-state index in [1.54, 1.807) is 12.1 Å². The van der Waals surface area contributed by atoms with Crippen molar-refractivity contribution in [3.05, 3.63) is 35.4 Å². The average molecular weight is 261 g/mol. The highest BCUT2D eigenvalue weighted by atomic mass is 16.4. The van der Waals surface area contributed by atoms with Crippen molar-refractivity contribution >= 4 is 5.97 Å². The van der Waals surface area contributed by atoms with Crippen LogP contribution >= 0.6 is 0 Å². The monoisotopic (exact) mass is 261 g/mol. The van der Waals surface area contributed by atoms with Gasteiger partial charge >= 0.3 is 5.97 Å². The standard InChI is InChI=1S/C16H23NO2/c18-16(19)15-9-5-8-14(10-15)12-17-11-13-6-3-1-2-4-7-13/h5,8-10,13,17H,1-4,6-7,11-12H2,(H,18,19). The Morgan fingerprint density at radius 1 is 1.21 bits per heavy atom. The van der Waals surface area contributed by atoms with Crippen LogP contribution < -0.4 is 5.32 Å². The Balaban J connectivity index is 1.78. The maximum atomic E-state index is 10.9. The Morgan fingerprint density at radius 3 is 2.63 bits per heavy atom. The van der Waals surface area contributed by atoms with Crippen LogP contribution in [0, 0.1) is 5.92 Å². The number of hydrogen-bond donors (Lipinski definition) is 2. The number of nitrogens with one attached hydrogen (secondary N) is 1. The van der Waals surface area contributed by atoms with Crippen molar-refractivity contribution in [3.63, 3.8) is 0 Å². The van der Waals surface area contributed by atoms with Gasteiger partial charge in [-0.25, -0.2) is 4.79 Å². The molecule has 3 nitrogen and oxygen atoms in total. The Morgan fingerprint density at radius 2 is 1.95 bits per heavy atom. The van der Waals surface area contributed by atoms with E-state index in [0.717, 1.165) is 24.6 Å². The van der Waals surface area contributed by atoms with Crippen molar-refractivity contribution in [2.24, 2.45) is 5.92 Å². The molecule has 0 heterocycles. The van der Waals surface area contributed by atoms with Gasteiger partial charge in [0.25, 0.3) is 0 Å². The molecule has 0 spiro atoms. The largest absolute Gasteiger partial charge is 0.478 e. The first-order chi connectivity index (χ1) is 9.25. The topological polar surface area (TPSA) is 49.3 Å². The van der Waals surface area contributed by atoms with Gasteiger partial charge in [0.1, 0.15) is 0 Å². The Kier molecular flexibility index (Phi) is 5.40. The fourth-order valence-corrected chi connectivity index (χ4v) is 2.80. The third-order valence-corrected chi connectivity index (χ3v) is 3.91. The molecule has 1 aliphatic carbocycles. The minimum atomic E-state index is -0.856. The Hall–Kier alpha value is -1.35. The third-order valence-electron chi connectivity index (χ3n) is 3.91. The van der Waals surface area contributed by atoms with E-state index in [9.17, 15) is 4.79 Å². The van der Waals surface area contributed by atoms with E-state index in [1.807, 2.05) is 12.1 Å². The summed E-state index contributed by atoms with van der Waals surface area (Å²) in [4.78, 5) is 10.9. The number of hydrogen-bond acceptors (Lipinski definition) is 2. The normalized spacial score (nSPS) is 17.1. The van der Waals surface area contributed by atoms with Gasteiger partial charge < -0.3 is 10.4 Å². The predicted octanol–water partition coefficient (Wildman–Crippen LogP) is 3.44. The molecule has 0 atom stereocenters. The molecule has 3 heteroatoms. The van der Waals surface area contributed by atoms with Crippen LogP contribution in [0.5, 0.6) is 0 Å². The van der Waals surface area contributed by atoms with E-state index >= 15 is 0 Å². The van der Waals surface area contributed by atoms with Gasteiger partial charge in [-0.1, -0.05) is 37.8 Å². The fraction of sp³-hybridized carbons (Fsp3) is 0.562. The lowest BCUT2D eigenvalue weighted by Gasteiger charge is -2.14. The van der Waals surface area contributed by atoms with Crippen LogP contribution in [-0.4, -0.2) is 17.6 Å². The molecule has 0 aromatic heterocycles. The molecule has 104 valence electrons. The minimum absolute atomic E-state index is 0.369. The van der Waals surface area contributed by atoms with Gasteiger partial charge in [0.2, 0.25) is 0 Å². The molecule has 19 heavy (non-hydrogen) atoms. The highest BCUT2D eigenvalue weighted by Crippen LogP contribution is 2.22. The second kappa shape index (κ2) is 7.29. The van der Waals surface area contributed by atoms with E-state index in [0.29, 0.717) is 5.56 Å². The van der Waals surface area contributed by atoms with Gasteiger partial charge in [-0.05, 0) is 43.0 Å². The molecular formula is C16H23NO2. The van der Waals surface area contributed by atoms with Gasteiger partial charge in [-0.3, -0.25) is 0 Å². The van der Waals surface area contributed by atoms with Gasteiger partial charge in [-0.15, -0.1) is 0 Å². The van der Waals surface area contributed by atoms with Crippen LogP contribution in [0.3, 0.4) is 0 Å². The molecular weight excluding hydrogens is 238 g/mol. The first kappa shape index (κ1) is 14.1. The summed E-state index contributed by atoms with van der Waals surface area (Å²) in [5, 5.41) is 12.4. The second-order valence-corrected chi connectivity index (χ2v) is 5.49. The van der Waals surface area contributed by atoms with Crippen LogP contribution in [0.4, 0.5) is 0 Å². The summed E-state index contributed by atoms with van der Waals surface area (Å²) < 4.78 is 0. The fourth-order valence-electron chi connectivity index (χ4n) is 2.80. The molecule has 1 aliphatic rings. The Bertz CT molecular complexity index is 409. The lowest BCUT2D eigenvalue weighted by Crippen LogP contribution is -2.22. The number of carboxylic acid groups (broad SMARTS) is 1. The molecule has 0 aliphatic heterocycles. The molecule has 0 amide bonds. The maximum absolute atomic E-state index is 10.9. The zero-order chi connectivity index (χ0) is 13.5. The van der Waals surface area contributed by atoms with E-state index in [-0.39, 0.29) is 0 Å². The van der Waals surface area contributed by atoms with Crippen LogP contribution in [0.1, 0.15) is 54.4 Å².